The Morgan fingerprint density at radius 1 is 0.554 bits per heavy atom. The molecule has 0 unspecified atom stereocenters. The smallest absolute Gasteiger partial charge is 0.477 e. The number of esters is 1. The number of primary amides is 1. The van der Waals surface area contributed by atoms with Gasteiger partial charge in [0.15, 0.2) is 23.0 Å². The molecule has 0 spiro atoms. The zero-order valence-electron chi connectivity index (χ0n) is 55.9. The number of methoxy groups -OCH3 is 1. The topological polar surface area (TPSA) is 284 Å². The second-order valence-corrected chi connectivity index (χ2v) is 24.0. The highest BCUT2D eigenvalue weighted by Crippen LogP contribution is 2.39. The fourth-order valence-electron chi connectivity index (χ4n) is 9.70. The van der Waals surface area contributed by atoms with Crippen molar-refractivity contribution < 1.29 is 49.1 Å². The molecule has 1 fully saturated rings. The molecule has 13 rings (SSSR count). The molecule has 12 aromatic rings. The predicted molar refractivity (Wildman–Crippen MR) is 405 cm³/mol. The number of rotatable bonds is 15. The van der Waals surface area contributed by atoms with Gasteiger partial charge in [-0.1, -0.05) is 96.7 Å². The summed E-state index contributed by atoms with van der Waals surface area (Å²) < 4.78 is 46.1. The van der Waals surface area contributed by atoms with E-state index in [-0.39, 0.29) is 48.1 Å². The number of aromatic nitrogens is 12. The summed E-state index contributed by atoms with van der Waals surface area (Å²) in [6, 6.07) is 37.1. The fraction of sp³-hybridized carbons (Fsp3) is 0.167. The predicted octanol–water partition coefficient (Wildman–Crippen LogP) is 16.6. The third-order valence-electron chi connectivity index (χ3n) is 15.5. The van der Waals surface area contributed by atoms with E-state index in [0.717, 1.165) is 43.9 Å². The van der Waals surface area contributed by atoms with E-state index in [1.54, 1.807) is 105 Å². The SMILES string of the molecule is C.C=Cc1cc(C(=O)O)nc(-c2ccc(Oc3ccc(Cl)c4c3cnn4C)cc2)n1.C=Cc1cc(C(=O)OC)nc(Cl)n1.C=Cc1cc(C(N)=O)nc(-c2ccc(Oc3ccc(Cl)c4c3cnn4C)cc2)n1.Cn1ncc2c(Oc3ccc(B4OC(C)(C)C(C)(C)O4)cc3)ccc(Cl)c21.[2H]CI. The number of aromatic carboxylic acids is 1. The van der Waals surface area contributed by atoms with E-state index in [2.05, 4.69) is 69.7 Å². The first-order valence-corrected chi connectivity index (χ1v) is 32.9. The van der Waals surface area contributed by atoms with Crippen molar-refractivity contribution in [2.24, 2.45) is 26.9 Å². The number of carbonyl (C=O) groups is 3. The van der Waals surface area contributed by atoms with Gasteiger partial charge in [-0.15, -0.1) is 0 Å². The lowest BCUT2D eigenvalue weighted by molar-refractivity contribution is 0.00578. The molecular weight excluding hydrogens is 1490 g/mol. The Morgan fingerprint density at radius 2 is 0.901 bits per heavy atom. The van der Waals surface area contributed by atoms with Gasteiger partial charge in [-0.25, -0.2) is 39.5 Å². The van der Waals surface area contributed by atoms with Crippen molar-refractivity contribution in [3.05, 3.63) is 220 Å². The zero-order chi connectivity index (χ0) is 73.0. The van der Waals surface area contributed by atoms with Gasteiger partial charge in [0.2, 0.25) is 5.28 Å². The molecule has 29 heteroatoms. The molecule has 1 amide bonds. The average Bonchev–Trinajstić information content (AvgIpc) is 1.61. The molecular formula is C72H67BCl4IN13O10. The van der Waals surface area contributed by atoms with E-state index >= 15 is 0 Å². The Balaban J connectivity index is 0.000000175. The number of hydrogen-bond acceptors (Lipinski definition) is 18. The summed E-state index contributed by atoms with van der Waals surface area (Å²) in [5, 5.41) is 26.3. The van der Waals surface area contributed by atoms with Crippen molar-refractivity contribution in [1.82, 2.24) is 59.2 Å². The first-order valence-electron chi connectivity index (χ1n) is 30.6. The number of benzene rings is 6. The molecule has 1 aliphatic rings. The van der Waals surface area contributed by atoms with Crippen LogP contribution in [0.2, 0.25) is 20.4 Å². The van der Waals surface area contributed by atoms with Crippen molar-refractivity contribution >= 4 is 150 Å². The van der Waals surface area contributed by atoms with Gasteiger partial charge in [-0.05, 0) is 183 Å². The second-order valence-electron chi connectivity index (χ2n) is 22.5. The molecule has 0 aliphatic carbocycles. The zero-order valence-corrected chi connectivity index (χ0v) is 60.1. The number of amides is 1. The first-order chi connectivity index (χ1) is 48.2. The Bertz CT molecular complexity index is 4870. The molecule has 7 heterocycles. The molecule has 0 atom stereocenters. The van der Waals surface area contributed by atoms with Crippen LogP contribution in [-0.4, -0.2) is 113 Å². The van der Waals surface area contributed by atoms with Gasteiger partial charge in [0.1, 0.15) is 40.2 Å². The van der Waals surface area contributed by atoms with Gasteiger partial charge in [0.25, 0.3) is 5.91 Å². The lowest BCUT2D eigenvalue weighted by atomic mass is 9.79. The summed E-state index contributed by atoms with van der Waals surface area (Å²) in [4.78, 5) is 58.8. The monoisotopic (exact) mass is 1550 g/mol. The molecule has 0 radical (unpaired) electrons. The number of carboxylic acids is 1. The third kappa shape index (κ3) is 17.9. The number of nitrogens with two attached hydrogens (primary N) is 1. The van der Waals surface area contributed by atoms with Crippen molar-refractivity contribution in [1.29, 1.82) is 0 Å². The van der Waals surface area contributed by atoms with E-state index < -0.39 is 17.8 Å². The summed E-state index contributed by atoms with van der Waals surface area (Å²) in [6.07, 6.45) is 9.66. The lowest BCUT2D eigenvalue weighted by Gasteiger charge is -2.32. The lowest BCUT2D eigenvalue weighted by Crippen LogP contribution is -2.41. The minimum absolute atomic E-state index is 0. The van der Waals surface area contributed by atoms with E-state index in [1.165, 1.54) is 43.5 Å². The van der Waals surface area contributed by atoms with E-state index in [4.69, 9.17) is 77.0 Å². The summed E-state index contributed by atoms with van der Waals surface area (Å²) in [5.41, 5.74) is 11.0. The highest BCUT2D eigenvalue weighted by molar-refractivity contribution is 14.1. The van der Waals surface area contributed by atoms with Gasteiger partial charge in [0.05, 0.1) is 102 Å². The van der Waals surface area contributed by atoms with Crippen LogP contribution in [0.15, 0.2) is 166 Å². The molecule has 518 valence electrons. The molecule has 6 aromatic heterocycles. The van der Waals surface area contributed by atoms with Gasteiger partial charge >= 0.3 is 19.1 Å². The van der Waals surface area contributed by atoms with E-state index in [1.807, 2.05) is 108 Å². The minimum atomic E-state index is -1.13. The maximum atomic E-state index is 11.5. The number of ether oxygens (including phenoxy) is 4. The highest BCUT2D eigenvalue weighted by Gasteiger charge is 2.51. The van der Waals surface area contributed by atoms with Crippen LogP contribution in [0.25, 0.3) is 73.7 Å². The molecule has 101 heavy (non-hydrogen) atoms. The molecule has 6 aromatic carbocycles. The van der Waals surface area contributed by atoms with Crippen molar-refractivity contribution in [3.8, 4) is 57.3 Å². The Kier molecular flexibility index (Phi) is 24.8. The maximum Gasteiger partial charge on any atom is 0.494 e. The third-order valence-corrected chi connectivity index (χ3v) is 16.5. The number of aryl methyl sites for hydroxylation is 3. The quantitative estimate of drug-likeness (QED) is 0.0317. The van der Waals surface area contributed by atoms with Crippen molar-refractivity contribution in [2.75, 3.05) is 12.0 Å². The maximum absolute atomic E-state index is 11.5. The molecule has 1 saturated heterocycles. The highest BCUT2D eigenvalue weighted by atomic mass is 127. The van der Waals surface area contributed by atoms with Crippen molar-refractivity contribution in [3.63, 3.8) is 0 Å². The molecule has 1 aliphatic heterocycles. The van der Waals surface area contributed by atoms with Crippen LogP contribution in [0, 0.1) is 0 Å². The minimum Gasteiger partial charge on any atom is -0.477 e. The second kappa shape index (κ2) is 33.4. The average molecular weight is 1550 g/mol. The summed E-state index contributed by atoms with van der Waals surface area (Å²) in [6.45, 7) is 19.0. The standard InChI is InChI=1S/C21H16ClN5O2.C21H15ClN4O3.C20H22BClN2O3.C8H7ClN2O2.CH3I.CH4/c1-3-13-10-17(20(23)28)26-21(25-13)12-4-6-14(7-5-12)29-18-9-8-16(22)19-15(18)11-24-27(19)2;1-3-13-10-17(21(27)28)25-20(24-13)12-4-6-14(7-5-12)29-18-9-8-16(22)19-15(18)11-23-26(19)2;1-19(2)20(3,4)27-21(26-19)13-6-8-14(9-7-13)25-17-11-10-16(22)18-15(17)12-23-24(18)5;1-3-5-4-6(7(12)13-2)11-8(9)10-5;1-2;/h3-11H,1H2,2H3,(H2,23,28);3-11H,1H2,2H3,(H,27,28);6-12H,1-5H3;3-4H,1H2,2H3;1H3;1H4/i;;;;1D;. The van der Waals surface area contributed by atoms with E-state index in [0.29, 0.717) is 88.6 Å². The first kappa shape index (κ1) is 75.1. The number of alkyl halides is 1. The number of halogens is 5. The summed E-state index contributed by atoms with van der Waals surface area (Å²) in [7, 11) is 6.38. The number of carboxylic acid groups (broad SMARTS) is 1. The summed E-state index contributed by atoms with van der Waals surface area (Å²) in [5.74, 6) is 2.31. The number of carbonyl (C=O) groups excluding carboxylic acids is 2. The van der Waals surface area contributed by atoms with Gasteiger partial charge in [0, 0.05) is 33.6 Å². The number of fused-ring (bicyclic) bond motifs is 3. The number of hydrogen-bond donors (Lipinski definition) is 2. The van der Waals surface area contributed by atoms with Crippen LogP contribution < -0.4 is 25.4 Å². The van der Waals surface area contributed by atoms with Crippen LogP contribution in [0.4, 0.5) is 0 Å². The van der Waals surface area contributed by atoms with Gasteiger partial charge in [-0.3, -0.25) is 18.8 Å². The van der Waals surface area contributed by atoms with Crippen LogP contribution in [0.1, 0.15) is 85.0 Å². The number of nitrogens with zero attached hydrogens (tertiary/aromatic N) is 12. The van der Waals surface area contributed by atoms with Gasteiger partial charge in [-0.2, -0.15) is 15.3 Å². The Hall–Kier alpha value is -10.1. The molecule has 3 N–H and O–H groups in total. The molecule has 0 saturated carbocycles. The largest absolute Gasteiger partial charge is 0.494 e. The van der Waals surface area contributed by atoms with E-state index in [9.17, 15) is 19.5 Å². The Morgan fingerprint density at radius 3 is 1.26 bits per heavy atom. The molecule has 0 bridgehead atoms. The van der Waals surface area contributed by atoms with Crippen molar-refractivity contribution in [2.45, 2.75) is 46.3 Å². The van der Waals surface area contributed by atoms with Crippen LogP contribution in [0.3, 0.4) is 0 Å². The normalized spacial score (nSPS) is 12.5. The fourth-order valence-corrected chi connectivity index (χ4v) is 10.8. The van der Waals surface area contributed by atoms with Crippen LogP contribution >= 0.6 is 69.0 Å². The van der Waals surface area contributed by atoms with Crippen LogP contribution in [-0.2, 0) is 35.2 Å². The van der Waals surface area contributed by atoms with Crippen LogP contribution in [0.5, 0.6) is 34.5 Å². The van der Waals surface area contributed by atoms with Gasteiger partial charge < -0.3 is 39.1 Å². The molecule has 23 nitrogen and oxygen atoms in total. The Labute approximate surface area is 617 Å². The summed E-state index contributed by atoms with van der Waals surface area (Å²) >= 11 is 26.3.